The molecule has 0 radical (unpaired) electrons. The Morgan fingerprint density at radius 2 is 1.43 bits per heavy atom. The first-order chi connectivity index (χ1) is 10.7. The molecular weight excluding hydrogens is 326 g/mol. The standard InChI is InChI=1S/C14H9NO7S/c16-11-6-3-1-2-4-7(6)12(17)10-8(11)5-9(13(18)14(10)19)15-23(20,21)22/h1-5,15,18-19H,(H,20,21,22). The maximum absolute atomic E-state index is 12.5. The number of phenols is 2. The molecule has 0 aliphatic heterocycles. The van der Waals surface area contributed by atoms with Gasteiger partial charge in [-0.2, -0.15) is 8.42 Å². The van der Waals surface area contributed by atoms with Crippen molar-refractivity contribution in [1.29, 1.82) is 0 Å². The van der Waals surface area contributed by atoms with Crippen LogP contribution in [0.5, 0.6) is 11.5 Å². The van der Waals surface area contributed by atoms with Crippen molar-refractivity contribution in [3.63, 3.8) is 0 Å². The van der Waals surface area contributed by atoms with Crippen LogP contribution in [0.15, 0.2) is 30.3 Å². The average Bonchev–Trinajstić information content (AvgIpc) is 2.48. The van der Waals surface area contributed by atoms with Crippen molar-refractivity contribution in [3.05, 3.63) is 52.6 Å². The van der Waals surface area contributed by atoms with Crippen molar-refractivity contribution < 1.29 is 32.8 Å². The van der Waals surface area contributed by atoms with E-state index < -0.39 is 44.6 Å². The van der Waals surface area contributed by atoms with E-state index in [4.69, 9.17) is 4.55 Å². The van der Waals surface area contributed by atoms with Gasteiger partial charge in [-0.1, -0.05) is 24.3 Å². The number of carbonyl (C=O) groups excluding carboxylic acids is 2. The molecule has 0 aromatic heterocycles. The number of phenolic OH excluding ortho intramolecular Hbond substituents is 2. The molecule has 8 nitrogen and oxygen atoms in total. The molecule has 0 saturated heterocycles. The summed E-state index contributed by atoms with van der Waals surface area (Å²) < 4.78 is 32.1. The topological polar surface area (TPSA) is 141 Å². The maximum atomic E-state index is 12.5. The first kappa shape index (κ1) is 15.0. The van der Waals surface area contributed by atoms with Gasteiger partial charge in [0, 0.05) is 16.7 Å². The van der Waals surface area contributed by atoms with E-state index in [1.807, 2.05) is 0 Å². The van der Waals surface area contributed by atoms with E-state index in [2.05, 4.69) is 0 Å². The number of hydrogen-bond acceptors (Lipinski definition) is 6. The van der Waals surface area contributed by atoms with Gasteiger partial charge in [-0.25, -0.2) is 0 Å². The molecule has 2 aromatic rings. The maximum Gasteiger partial charge on any atom is 0.357 e. The lowest BCUT2D eigenvalue weighted by atomic mass is 9.83. The lowest BCUT2D eigenvalue weighted by molar-refractivity contribution is 0.0976. The monoisotopic (exact) mass is 335 g/mol. The van der Waals surface area contributed by atoms with Gasteiger partial charge in [0.2, 0.25) is 0 Å². The van der Waals surface area contributed by atoms with Crippen LogP contribution in [0.25, 0.3) is 0 Å². The highest BCUT2D eigenvalue weighted by Crippen LogP contribution is 2.43. The fourth-order valence-electron chi connectivity index (χ4n) is 2.44. The summed E-state index contributed by atoms with van der Waals surface area (Å²) in [5.41, 5.74) is -1.17. The largest absolute Gasteiger partial charge is 0.504 e. The van der Waals surface area contributed by atoms with Crippen LogP contribution in [0, 0.1) is 0 Å². The molecule has 0 saturated carbocycles. The van der Waals surface area contributed by atoms with E-state index in [0.717, 1.165) is 6.07 Å². The van der Waals surface area contributed by atoms with Crippen LogP contribution in [-0.2, 0) is 10.3 Å². The number of nitrogens with one attached hydrogen (secondary N) is 1. The summed E-state index contributed by atoms with van der Waals surface area (Å²) in [6.07, 6.45) is 0. The van der Waals surface area contributed by atoms with Crippen LogP contribution in [0.3, 0.4) is 0 Å². The Morgan fingerprint density at radius 3 is 2.00 bits per heavy atom. The number of rotatable bonds is 2. The normalized spacial score (nSPS) is 13.4. The van der Waals surface area contributed by atoms with E-state index >= 15 is 0 Å². The number of ketones is 2. The second-order valence-electron chi connectivity index (χ2n) is 4.82. The zero-order valence-corrected chi connectivity index (χ0v) is 12.1. The van der Waals surface area contributed by atoms with Crippen LogP contribution in [0.4, 0.5) is 5.69 Å². The molecule has 0 spiro atoms. The van der Waals surface area contributed by atoms with Crippen LogP contribution in [0.2, 0.25) is 0 Å². The Hall–Kier alpha value is -2.91. The molecule has 118 valence electrons. The van der Waals surface area contributed by atoms with Crippen molar-refractivity contribution >= 4 is 27.6 Å². The number of aromatic hydroxyl groups is 2. The van der Waals surface area contributed by atoms with Crippen LogP contribution >= 0.6 is 0 Å². The summed E-state index contributed by atoms with van der Waals surface area (Å²) in [7, 11) is -4.75. The van der Waals surface area contributed by atoms with Crippen LogP contribution in [-0.4, -0.2) is 34.8 Å². The highest BCUT2D eigenvalue weighted by atomic mass is 32.2. The van der Waals surface area contributed by atoms with Crippen LogP contribution < -0.4 is 4.72 Å². The first-order valence-electron chi connectivity index (χ1n) is 6.23. The summed E-state index contributed by atoms with van der Waals surface area (Å²) in [4.78, 5) is 24.9. The van der Waals surface area contributed by atoms with Gasteiger partial charge in [-0.05, 0) is 6.07 Å². The van der Waals surface area contributed by atoms with Gasteiger partial charge in [-0.15, -0.1) is 0 Å². The third kappa shape index (κ3) is 2.31. The van der Waals surface area contributed by atoms with E-state index in [0.29, 0.717) is 0 Å². The minimum absolute atomic E-state index is 0.0650. The SMILES string of the molecule is O=C1c2ccccc2C(=O)c2c1cc(NS(=O)(=O)O)c(O)c2O. The average molecular weight is 335 g/mol. The molecule has 0 amide bonds. The molecule has 9 heteroatoms. The van der Waals surface area contributed by atoms with Crippen molar-refractivity contribution in [1.82, 2.24) is 0 Å². The minimum atomic E-state index is -4.75. The molecule has 1 aliphatic rings. The summed E-state index contributed by atoms with van der Waals surface area (Å²) in [5.74, 6) is -3.21. The quantitative estimate of drug-likeness (QED) is 0.406. The molecule has 23 heavy (non-hydrogen) atoms. The number of carbonyl (C=O) groups is 2. The third-order valence-electron chi connectivity index (χ3n) is 3.40. The summed E-state index contributed by atoms with van der Waals surface area (Å²) >= 11 is 0. The van der Waals surface area contributed by atoms with Gasteiger partial charge >= 0.3 is 10.3 Å². The molecule has 0 unspecified atom stereocenters. The smallest absolute Gasteiger partial charge is 0.357 e. The number of fused-ring (bicyclic) bond motifs is 2. The van der Waals surface area contributed by atoms with Crippen LogP contribution in [0.1, 0.15) is 31.8 Å². The fraction of sp³-hybridized carbons (Fsp3) is 0. The molecule has 2 aromatic carbocycles. The molecule has 0 heterocycles. The number of anilines is 1. The lowest BCUT2D eigenvalue weighted by Crippen LogP contribution is -2.22. The number of benzene rings is 2. The Morgan fingerprint density at radius 1 is 0.870 bits per heavy atom. The van der Waals surface area contributed by atoms with Crippen molar-refractivity contribution in [3.8, 4) is 11.5 Å². The predicted octanol–water partition coefficient (Wildman–Crippen LogP) is 1.09. The molecule has 0 fully saturated rings. The second-order valence-corrected chi connectivity index (χ2v) is 5.98. The second kappa shape index (κ2) is 4.80. The van der Waals surface area contributed by atoms with Gasteiger partial charge in [-0.3, -0.25) is 18.9 Å². The van der Waals surface area contributed by atoms with Crippen molar-refractivity contribution in [2.24, 2.45) is 0 Å². The van der Waals surface area contributed by atoms with Crippen molar-refractivity contribution in [2.45, 2.75) is 0 Å². The van der Waals surface area contributed by atoms with Gasteiger partial charge in [0.25, 0.3) is 0 Å². The highest BCUT2D eigenvalue weighted by Gasteiger charge is 2.34. The molecule has 0 atom stereocenters. The Balaban J connectivity index is 2.29. The zero-order chi connectivity index (χ0) is 16.9. The number of hydrogen-bond donors (Lipinski definition) is 4. The van der Waals surface area contributed by atoms with E-state index in [9.17, 15) is 28.2 Å². The van der Waals surface area contributed by atoms with E-state index in [1.165, 1.54) is 12.1 Å². The van der Waals surface area contributed by atoms with E-state index in [1.54, 1.807) is 16.9 Å². The molecule has 0 bridgehead atoms. The summed E-state index contributed by atoms with van der Waals surface area (Å²) in [6.45, 7) is 0. The van der Waals surface area contributed by atoms with E-state index in [-0.39, 0.29) is 16.7 Å². The van der Waals surface area contributed by atoms with Crippen molar-refractivity contribution in [2.75, 3.05) is 4.72 Å². The molecule has 4 N–H and O–H groups in total. The van der Waals surface area contributed by atoms with Gasteiger partial charge in [0.15, 0.2) is 23.1 Å². The zero-order valence-electron chi connectivity index (χ0n) is 11.3. The van der Waals surface area contributed by atoms with Gasteiger partial charge < -0.3 is 10.2 Å². The molecule has 1 aliphatic carbocycles. The fourth-order valence-corrected chi connectivity index (χ4v) is 2.88. The Bertz CT molecular complexity index is 979. The summed E-state index contributed by atoms with van der Waals surface area (Å²) in [5, 5.41) is 19.8. The predicted molar refractivity (Wildman–Crippen MR) is 78.2 cm³/mol. The summed E-state index contributed by atoms with van der Waals surface area (Å²) in [6, 6.07) is 6.79. The minimum Gasteiger partial charge on any atom is -0.504 e. The van der Waals surface area contributed by atoms with Gasteiger partial charge in [0.05, 0.1) is 11.3 Å². The first-order valence-corrected chi connectivity index (χ1v) is 7.67. The molecular formula is C14H9NO7S. The lowest BCUT2D eigenvalue weighted by Gasteiger charge is -2.20. The molecule has 3 rings (SSSR count). The highest BCUT2D eigenvalue weighted by molar-refractivity contribution is 7.87. The Labute approximate surface area is 129 Å². The Kier molecular flexibility index (Phi) is 3.13. The third-order valence-corrected chi connectivity index (χ3v) is 3.88. The van der Waals surface area contributed by atoms with Gasteiger partial charge in [0.1, 0.15) is 0 Å².